The first-order chi connectivity index (χ1) is 8.54. The van der Waals surface area contributed by atoms with Crippen molar-refractivity contribution in [1.82, 2.24) is 4.90 Å². The minimum absolute atomic E-state index is 0.0734. The van der Waals surface area contributed by atoms with Gasteiger partial charge < -0.3 is 5.11 Å². The molecule has 1 aromatic rings. The van der Waals surface area contributed by atoms with Gasteiger partial charge in [-0.15, -0.1) is 0 Å². The number of nitrogens with zero attached hydrogens (tertiary/aromatic N) is 1. The maximum Gasteiger partial charge on any atom is 0.129 e. The van der Waals surface area contributed by atoms with Crippen LogP contribution in [0.15, 0.2) is 18.2 Å². The van der Waals surface area contributed by atoms with E-state index in [-0.39, 0.29) is 17.8 Å². The van der Waals surface area contributed by atoms with E-state index in [4.69, 9.17) is 11.6 Å². The summed E-state index contributed by atoms with van der Waals surface area (Å²) in [5, 5.41) is 9.89. The standard InChI is InChI=1S/C14H19ClFNO/c1-14(10-18)6-3-7-17(9-14)8-11-12(15)4-2-5-13(11)16/h2,4-5,18H,3,6-10H2,1H3. The number of aliphatic hydroxyl groups is 1. The second-order valence-electron chi connectivity index (χ2n) is 5.48. The van der Waals surface area contributed by atoms with Gasteiger partial charge in [0.25, 0.3) is 0 Å². The van der Waals surface area contributed by atoms with Crippen LogP contribution in [-0.4, -0.2) is 29.7 Å². The number of halogens is 2. The number of piperidine rings is 1. The third kappa shape index (κ3) is 3.02. The molecule has 18 heavy (non-hydrogen) atoms. The van der Waals surface area contributed by atoms with Crippen molar-refractivity contribution in [3.63, 3.8) is 0 Å². The molecule has 1 aromatic carbocycles. The first-order valence-corrected chi connectivity index (χ1v) is 6.68. The van der Waals surface area contributed by atoms with Gasteiger partial charge >= 0.3 is 0 Å². The van der Waals surface area contributed by atoms with E-state index in [0.717, 1.165) is 25.9 Å². The zero-order valence-corrected chi connectivity index (χ0v) is 11.4. The van der Waals surface area contributed by atoms with Crippen molar-refractivity contribution in [1.29, 1.82) is 0 Å². The largest absolute Gasteiger partial charge is 0.396 e. The normalized spacial score (nSPS) is 25.3. The quantitative estimate of drug-likeness (QED) is 0.913. The van der Waals surface area contributed by atoms with Gasteiger partial charge in [0.05, 0.1) is 0 Å². The molecule has 0 saturated carbocycles. The lowest BCUT2D eigenvalue weighted by molar-refractivity contribution is 0.0425. The first-order valence-electron chi connectivity index (χ1n) is 6.30. The average molecular weight is 272 g/mol. The number of rotatable bonds is 3. The highest BCUT2D eigenvalue weighted by Gasteiger charge is 2.30. The second-order valence-corrected chi connectivity index (χ2v) is 5.89. The summed E-state index contributed by atoms with van der Waals surface area (Å²) in [5.74, 6) is -0.251. The van der Waals surface area contributed by atoms with Gasteiger partial charge in [0.2, 0.25) is 0 Å². The molecule has 0 radical (unpaired) electrons. The van der Waals surface area contributed by atoms with E-state index in [9.17, 15) is 9.50 Å². The summed E-state index contributed by atoms with van der Waals surface area (Å²) in [6.07, 6.45) is 2.05. The van der Waals surface area contributed by atoms with Crippen LogP contribution in [-0.2, 0) is 6.54 Å². The average Bonchev–Trinajstić information content (AvgIpc) is 2.34. The lowest BCUT2D eigenvalue weighted by atomic mass is 9.82. The van der Waals surface area contributed by atoms with E-state index in [1.54, 1.807) is 12.1 Å². The minimum atomic E-state index is -0.251. The molecule has 1 fully saturated rings. The second kappa shape index (κ2) is 5.55. The van der Waals surface area contributed by atoms with Crippen molar-refractivity contribution in [2.24, 2.45) is 5.41 Å². The molecule has 1 heterocycles. The van der Waals surface area contributed by atoms with Crippen LogP contribution in [0.1, 0.15) is 25.3 Å². The summed E-state index contributed by atoms with van der Waals surface area (Å²) in [7, 11) is 0. The fourth-order valence-electron chi connectivity index (χ4n) is 2.60. The lowest BCUT2D eigenvalue weighted by Gasteiger charge is -2.39. The molecular weight excluding hydrogens is 253 g/mol. The molecule has 0 spiro atoms. The molecule has 0 aromatic heterocycles. The van der Waals surface area contributed by atoms with Crippen LogP contribution < -0.4 is 0 Å². The first kappa shape index (κ1) is 13.8. The molecule has 1 aliphatic rings. The van der Waals surface area contributed by atoms with E-state index >= 15 is 0 Å². The summed E-state index contributed by atoms with van der Waals surface area (Å²) < 4.78 is 13.7. The Kier molecular flexibility index (Phi) is 4.25. The van der Waals surface area contributed by atoms with E-state index < -0.39 is 0 Å². The summed E-state index contributed by atoms with van der Waals surface area (Å²) in [5.41, 5.74) is 0.483. The monoisotopic (exact) mass is 271 g/mol. The van der Waals surface area contributed by atoms with E-state index in [1.165, 1.54) is 6.07 Å². The van der Waals surface area contributed by atoms with Crippen molar-refractivity contribution in [2.45, 2.75) is 26.3 Å². The molecular formula is C14H19ClFNO. The number of hydrogen-bond acceptors (Lipinski definition) is 2. The lowest BCUT2D eigenvalue weighted by Crippen LogP contribution is -2.43. The molecule has 1 N–H and O–H groups in total. The molecule has 1 unspecified atom stereocenters. The molecule has 1 aliphatic heterocycles. The van der Waals surface area contributed by atoms with Gasteiger partial charge in [0.1, 0.15) is 5.82 Å². The maximum atomic E-state index is 13.7. The predicted octanol–water partition coefficient (Wildman–Crippen LogP) is 3.07. The van der Waals surface area contributed by atoms with Crippen LogP contribution in [0.2, 0.25) is 5.02 Å². The Morgan fingerprint density at radius 2 is 2.28 bits per heavy atom. The van der Waals surface area contributed by atoms with Crippen LogP contribution in [0.4, 0.5) is 4.39 Å². The number of hydrogen-bond donors (Lipinski definition) is 1. The third-order valence-corrected chi connectivity index (χ3v) is 4.04. The highest BCUT2D eigenvalue weighted by atomic mass is 35.5. The maximum absolute atomic E-state index is 13.7. The van der Waals surface area contributed by atoms with Crippen molar-refractivity contribution in [3.8, 4) is 0 Å². The zero-order chi connectivity index (χ0) is 13.2. The summed E-state index contributed by atoms with van der Waals surface area (Å²) in [6, 6.07) is 4.78. The molecule has 0 aliphatic carbocycles. The van der Waals surface area contributed by atoms with Gasteiger partial charge in [0.15, 0.2) is 0 Å². The van der Waals surface area contributed by atoms with Gasteiger partial charge in [-0.3, -0.25) is 4.90 Å². The molecule has 0 bridgehead atoms. The van der Waals surface area contributed by atoms with E-state index in [1.807, 2.05) is 0 Å². The Morgan fingerprint density at radius 1 is 1.50 bits per heavy atom. The molecule has 2 nitrogen and oxygen atoms in total. The zero-order valence-electron chi connectivity index (χ0n) is 10.6. The molecule has 1 atom stereocenters. The van der Waals surface area contributed by atoms with E-state index in [2.05, 4.69) is 11.8 Å². The van der Waals surface area contributed by atoms with Crippen LogP contribution in [0, 0.1) is 11.2 Å². The van der Waals surface area contributed by atoms with Crippen LogP contribution in [0.25, 0.3) is 0 Å². The van der Waals surface area contributed by atoms with E-state index in [0.29, 0.717) is 17.1 Å². The number of benzene rings is 1. The summed E-state index contributed by atoms with van der Waals surface area (Å²) in [6.45, 7) is 4.48. The predicted molar refractivity (Wildman–Crippen MR) is 71.1 cm³/mol. The number of aliphatic hydroxyl groups excluding tert-OH is 1. The molecule has 0 amide bonds. The summed E-state index contributed by atoms with van der Waals surface area (Å²) >= 11 is 6.04. The van der Waals surface area contributed by atoms with Gasteiger partial charge in [-0.1, -0.05) is 24.6 Å². The SMILES string of the molecule is CC1(CO)CCCN(Cc2c(F)cccc2Cl)C1. The molecule has 4 heteroatoms. The van der Waals surface area contributed by atoms with Crippen LogP contribution in [0.3, 0.4) is 0 Å². The highest BCUT2D eigenvalue weighted by molar-refractivity contribution is 6.31. The van der Waals surface area contributed by atoms with Crippen molar-refractivity contribution in [3.05, 3.63) is 34.6 Å². The molecule has 1 saturated heterocycles. The van der Waals surface area contributed by atoms with Gasteiger partial charge in [0, 0.05) is 35.7 Å². The van der Waals surface area contributed by atoms with Gasteiger partial charge in [-0.25, -0.2) is 4.39 Å². The Labute approximate surface area is 112 Å². The van der Waals surface area contributed by atoms with Gasteiger partial charge in [-0.05, 0) is 31.5 Å². The minimum Gasteiger partial charge on any atom is -0.396 e. The fraction of sp³-hybridized carbons (Fsp3) is 0.571. The van der Waals surface area contributed by atoms with Crippen molar-refractivity contribution in [2.75, 3.05) is 19.7 Å². The Hall–Kier alpha value is -0.640. The van der Waals surface area contributed by atoms with Crippen molar-refractivity contribution < 1.29 is 9.50 Å². The Morgan fingerprint density at radius 3 is 2.94 bits per heavy atom. The molecule has 100 valence electrons. The van der Waals surface area contributed by atoms with Crippen LogP contribution >= 0.6 is 11.6 Å². The fourth-order valence-corrected chi connectivity index (χ4v) is 2.82. The Bertz CT molecular complexity index is 406. The highest BCUT2D eigenvalue weighted by Crippen LogP contribution is 2.30. The topological polar surface area (TPSA) is 23.5 Å². The summed E-state index contributed by atoms with van der Waals surface area (Å²) in [4.78, 5) is 2.17. The smallest absolute Gasteiger partial charge is 0.129 e. The van der Waals surface area contributed by atoms with Gasteiger partial charge in [-0.2, -0.15) is 0 Å². The van der Waals surface area contributed by atoms with Crippen molar-refractivity contribution >= 4 is 11.6 Å². The third-order valence-electron chi connectivity index (χ3n) is 3.69. The molecule has 2 rings (SSSR count). The Balaban J connectivity index is 2.10. The number of likely N-dealkylation sites (tertiary alicyclic amines) is 1. The van der Waals surface area contributed by atoms with Crippen LogP contribution in [0.5, 0.6) is 0 Å².